The summed E-state index contributed by atoms with van der Waals surface area (Å²) in [6, 6.07) is 7.35. The van der Waals surface area contributed by atoms with Gasteiger partial charge in [-0.2, -0.15) is 0 Å². The molecule has 116 valence electrons. The predicted molar refractivity (Wildman–Crippen MR) is 85.3 cm³/mol. The Morgan fingerprint density at radius 2 is 1.95 bits per heavy atom. The first-order chi connectivity index (χ1) is 9.98. The number of nitrogens with one attached hydrogen (secondary N) is 1. The van der Waals surface area contributed by atoms with Crippen molar-refractivity contribution in [3.8, 4) is 5.75 Å². The van der Waals surface area contributed by atoms with Gasteiger partial charge in [0.1, 0.15) is 5.75 Å². The number of halogens is 1. The van der Waals surface area contributed by atoms with Gasteiger partial charge < -0.3 is 15.2 Å². The molecule has 1 aromatic carbocycles. The number of aliphatic hydroxyl groups is 1. The SMILES string of the molecule is CC(Oc1ccc(Br)cc1)C(=O)NCC1(O)CCCCC1. The molecule has 0 aliphatic heterocycles. The van der Waals surface area contributed by atoms with Crippen LogP contribution in [0.15, 0.2) is 28.7 Å². The van der Waals surface area contributed by atoms with Gasteiger partial charge in [-0.05, 0) is 44.0 Å². The summed E-state index contributed by atoms with van der Waals surface area (Å²) < 4.78 is 6.55. The lowest BCUT2D eigenvalue weighted by Crippen LogP contribution is -2.47. The summed E-state index contributed by atoms with van der Waals surface area (Å²) in [5.41, 5.74) is -0.745. The maximum absolute atomic E-state index is 12.0. The molecule has 1 aromatic rings. The highest BCUT2D eigenvalue weighted by Gasteiger charge is 2.30. The number of carbonyl (C=O) groups is 1. The monoisotopic (exact) mass is 355 g/mol. The van der Waals surface area contributed by atoms with E-state index in [0.717, 1.165) is 30.2 Å². The van der Waals surface area contributed by atoms with Gasteiger partial charge in [0.25, 0.3) is 5.91 Å². The topological polar surface area (TPSA) is 58.6 Å². The molecular weight excluding hydrogens is 334 g/mol. The van der Waals surface area contributed by atoms with E-state index in [1.165, 1.54) is 6.42 Å². The zero-order chi connectivity index (χ0) is 15.3. The average molecular weight is 356 g/mol. The highest BCUT2D eigenvalue weighted by Crippen LogP contribution is 2.27. The number of amides is 1. The van der Waals surface area contributed by atoms with E-state index in [9.17, 15) is 9.90 Å². The number of carbonyl (C=O) groups excluding carboxylic acids is 1. The van der Waals surface area contributed by atoms with Crippen LogP contribution >= 0.6 is 15.9 Å². The minimum atomic E-state index is -0.745. The van der Waals surface area contributed by atoms with Gasteiger partial charge in [-0.1, -0.05) is 35.2 Å². The van der Waals surface area contributed by atoms with Crippen LogP contribution in [0.1, 0.15) is 39.0 Å². The maximum Gasteiger partial charge on any atom is 0.260 e. The highest BCUT2D eigenvalue weighted by molar-refractivity contribution is 9.10. The molecule has 2 rings (SSSR count). The first kappa shape index (κ1) is 16.3. The molecule has 1 amide bonds. The standard InChI is InChI=1S/C16H22BrNO3/c1-12(21-14-7-5-13(17)6-8-14)15(19)18-11-16(20)9-3-2-4-10-16/h5-8,12,20H,2-4,9-11H2,1H3,(H,18,19). The van der Waals surface area contributed by atoms with E-state index < -0.39 is 11.7 Å². The van der Waals surface area contributed by atoms with Gasteiger partial charge in [-0.3, -0.25) is 4.79 Å². The van der Waals surface area contributed by atoms with Gasteiger partial charge >= 0.3 is 0 Å². The normalized spacial score (nSPS) is 18.8. The van der Waals surface area contributed by atoms with E-state index in [2.05, 4.69) is 21.2 Å². The summed E-state index contributed by atoms with van der Waals surface area (Å²) in [6.07, 6.45) is 4.15. The molecule has 4 nitrogen and oxygen atoms in total. The summed E-state index contributed by atoms with van der Waals surface area (Å²) in [7, 11) is 0. The van der Waals surface area contributed by atoms with Gasteiger partial charge in [0.15, 0.2) is 6.10 Å². The molecule has 1 aliphatic rings. The summed E-state index contributed by atoms with van der Waals surface area (Å²) in [5, 5.41) is 13.2. The van der Waals surface area contributed by atoms with Crippen LogP contribution in [0.2, 0.25) is 0 Å². The van der Waals surface area contributed by atoms with Gasteiger partial charge in [0.05, 0.1) is 5.60 Å². The average Bonchev–Trinajstić information content (AvgIpc) is 2.48. The summed E-state index contributed by atoms with van der Waals surface area (Å²) >= 11 is 3.35. The molecule has 5 heteroatoms. The van der Waals surface area contributed by atoms with Crippen LogP contribution in [0.3, 0.4) is 0 Å². The second kappa shape index (κ2) is 7.27. The van der Waals surface area contributed by atoms with Crippen LogP contribution in [0.4, 0.5) is 0 Å². The summed E-state index contributed by atoms with van der Waals surface area (Å²) in [5.74, 6) is 0.453. The van der Waals surface area contributed by atoms with E-state index in [1.807, 2.05) is 24.3 Å². The van der Waals surface area contributed by atoms with Gasteiger partial charge in [0, 0.05) is 11.0 Å². The lowest BCUT2D eigenvalue weighted by molar-refractivity contribution is -0.128. The predicted octanol–water partition coefficient (Wildman–Crippen LogP) is 3.03. The zero-order valence-corrected chi connectivity index (χ0v) is 13.9. The number of benzene rings is 1. The molecule has 1 saturated carbocycles. The van der Waals surface area contributed by atoms with Crippen molar-refractivity contribution in [3.05, 3.63) is 28.7 Å². The first-order valence-corrected chi connectivity index (χ1v) is 8.20. The lowest BCUT2D eigenvalue weighted by atomic mass is 9.85. The number of ether oxygens (including phenoxy) is 1. The Kier molecular flexibility index (Phi) is 5.65. The van der Waals surface area contributed by atoms with E-state index in [-0.39, 0.29) is 5.91 Å². The smallest absolute Gasteiger partial charge is 0.260 e. The van der Waals surface area contributed by atoms with Gasteiger partial charge in [0.2, 0.25) is 0 Å². The third-order valence-electron chi connectivity index (χ3n) is 3.87. The molecule has 1 aliphatic carbocycles. The zero-order valence-electron chi connectivity index (χ0n) is 12.3. The Balaban J connectivity index is 1.80. The Labute approximate surface area is 134 Å². The van der Waals surface area contributed by atoms with Crippen molar-refractivity contribution in [1.29, 1.82) is 0 Å². The molecule has 21 heavy (non-hydrogen) atoms. The van der Waals surface area contributed by atoms with Crippen molar-refractivity contribution < 1.29 is 14.6 Å². The number of hydrogen-bond acceptors (Lipinski definition) is 3. The Morgan fingerprint density at radius 3 is 2.57 bits per heavy atom. The molecule has 1 fully saturated rings. The van der Waals surface area contributed by atoms with Gasteiger partial charge in [-0.15, -0.1) is 0 Å². The third-order valence-corrected chi connectivity index (χ3v) is 4.40. The Hall–Kier alpha value is -1.07. The number of hydrogen-bond donors (Lipinski definition) is 2. The summed E-state index contributed by atoms with van der Waals surface area (Å²) in [6.45, 7) is 2.02. The maximum atomic E-state index is 12.0. The molecule has 1 unspecified atom stereocenters. The molecule has 0 heterocycles. The Morgan fingerprint density at radius 1 is 1.33 bits per heavy atom. The van der Waals surface area contributed by atoms with Crippen molar-refractivity contribution in [3.63, 3.8) is 0 Å². The second-order valence-electron chi connectivity index (χ2n) is 5.72. The van der Waals surface area contributed by atoms with E-state index in [4.69, 9.17) is 4.74 Å². The molecule has 0 radical (unpaired) electrons. The van der Waals surface area contributed by atoms with E-state index >= 15 is 0 Å². The fourth-order valence-electron chi connectivity index (χ4n) is 2.55. The summed E-state index contributed by atoms with van der Waals surface area (Å²) in [4.78, 5) is 12.0. The quantitative estimate of drug-likeness (QED) is 0.853. The molecule has 2 N–H and O–H groups in total. The fourth-order valence-corrected chi connectivity index (χ4v) is 2.82. The van der Waals surface area contributed by atoms with Crippen molar-refractivity contribution in [2.45, 2.75) is 50.7 Å². The third kappa shape index (κ3) is 5.00. The minimum Gasteiger partial charge on any atom is -0.481 e. The van der Waals surface area contributed by atoms with Crippen molar-refractivity contribution >= 4 is 21.8 Å². The van der Waals surface area contributed by atoms with Gasteiger partial charge in [-0.25, -0.2) is 0 Å². The molecule has 0 bridgehead atoms. The van der Waals surface area contributed by atoms with E-state index in [1.54, 1.807) is 6.92 Å². The van der Waals surface area contributed by atoms with Crippen molar-refractivity contribution in [2.75, 3.05) is 6.54 Å². The minimum absolute atomic E-state index is 0.197. The molecular formula is C16H22BrNO3. The lowest BCUT2D eigenvalue weighted by Gasteiger charge is -2.32. The molecule has 0 saturated heterocycles. The Bertz CT molecular complexity index is 469. The van der Waals surface area contributed by atoms with Crippen LogP contribution in [0, 0.1) is 0 Å². The van der Waals surface area contributed by atoms with Crippen molar-refractivity contribution in [1.82, 2.24) is 5.32 Å². The van der Waals surface area contributed by atoms with Crippen LogP contribution in [0.25, 0.3) is 0 Å². The van der Waals surface area contributed by atoms with Crippen LogP contribution < -0.4 is 10.1 Å². The largest absolute Gasteiger partial charge is 0.481 e. The highest BCUT2D eigenvalue weighted by atomic mass is 79.9. The van der Waals surface area contributed by atoms with Crippen molar-refractivity contribution in [2.24, 2.45) is 0 Å². The van der Waals surface area contributed by atoms with Crippen LogP contribution in [-0.4, -0.2) is 29.3 Å². The molecule has 0 aromatic heterocycles. The first-order valence-electron chi connectivity index (χ1n) is 7.41. The molecule has 0 spiro atoms. The van der Waals surface area contributed by atoms with Crippen LogP contribution in [0.5, 0.6) is 5.75 Å². The van der Waals surface area contributed by atoms with Crippen LogP contribution in [-0.2, 0) is 4.79 Å². The fraction of sp³-hybridized carbons (Fsp3) is 0.562. The molecule has 1 atom stereocenters. The van der Waals surface area contributed by atoms with E-state index in [0.29, 0.717) is 12.3 Å². The second-order valence-corrected chi connectivity index (χ2v) is 6.63. The number of rotatable bonds is 5.